The average Bonchev–Trinajstić information content (AvgIpc) is 0.777. The molecule has 0 radical (unpaired) electrons. The van der Waals surface area contributed by atoms with E-state index in [9.17, 15) is 19.2 Å². The molecule has 4 aliphatic rings. The van der Waals surface area contributed by atoms with E-state index in [1.54, 1.807) is 0 Å². The van der Waals surface area contributed by atoms with Gasteiger partial charge < -0.3 is 44.2 Å². The van der Waals surface area contributed by atoms with Gasteiger partial charge in [-0.05, 0) is 174 Å². The molecule has 644 valence electrons. The number of benzene rings is 13. The van der Waals surface area contributed by atoms with Crippen LogP contribution in [0.5, 0.6) is 0 Å². The van der Waals surface area contributed by atoms with Crippen molar-refractivity contribution in [3.05, 3.63) is 395 Å². The smallest absolute Gasteiger partial charge is 0.230 e. The Kier molecular flexibility index (Phi) is 25.8. The summed E-state index contributed by atoms with van der Waals surface area (Å²) in [6.07, 6.45) is 10.2. The summed E-state index contributed by atoms with van der Waals surface area (Å²) in [5, 5.41) is 14.4. The Morgan fingerprint density at radius 2 is 0.519 bits per heavy atom. The highest BCUT2D eigenvalue weighted by Crippen LogP contribution is 2.42. The fourth-order valence-electron chi connectivity index (χ4n) is 17.3. The molecule has 4 amide bonds. The average molecular weight is 1720 g/mol. The van der Waals surface area contributed by atoms with Gasteiger partial charge in [0.1, 0.15) is 22.8 Å². The topological polar surface area (TPSA) is 324 Å². The lowest BCUT2D eigenvalue weighted by Crippen LogP contribution is -2.19. The summed E-state index contributed by atoms with van der Waals surface area (Å²) in [6.45, 7) is 0. The molecule has 20 heteroatoms. The lowest BCUT2D eigenvalue weighted by molar-refractivity contribution is -0.117. The van der Waals surface area contributed by atoms with Crippen molar-refractivity contribution >= 4 is 80.4 Å². The first kappa shape index (κ1) is 85.3. The Bertz CT molecular complexity index is 7070. The van der Waals surface area contributed by atoms with Crippen LogP contribution in [0.3, 0.4) is 0 Å². The van der Waals surface area contributed by atoms with Gasteiger partial charge in [0.2, 0.25) is 23.6 Å². The molecule has 20 nitrogen and oxygen atoms in total. The van der Waals surface area contributed by atoms with Gasteiger partial charge in [0.05, 0.1) is 58.4 Å². The van der Waals surface area contributed by atoms with Crippen molar-refractivity contribution in [2.75, 3.05) is 44.2 Å². The first-order chi connectivity index (χ1) is 64.1. The molecule has 13 aromatic carbocycles. The Labute approximate surface area is 760 Å². The third-order valence-corrected chi connectivity index (χ3v) is 23.7. The number of nitrogens with one attached hydrogen (secondary N) is 4. The normalized spacial score (nSPS) is 12.0. The van der Waals surface area contributed by atoms with Gasteiger partial charge in [0.15, 0.2) is 23.3 Å². The van der Waals surface area contributed by atoms with Gasteiger partial charge in [-0.25, -0.2) is 39.9 Å². The molecule has 21 rings (SSSR count). The van der Waals surface area contributed by atoms with Crippen molar-refractivity contribution in [1.82, 2.24) is 39.9 Å². The van der Waals surface area contributed by atoms with Crippen LogP contribution in [-0.4, -0.2) is 63.5 Å². The standard InChI is InChI=1S/C30H24N4O.C28H26N4O.C27H24N4O.C26H22N4O/c31-24-13-14-25-23(18-24)12-15-26-29(25)34-28(21-7-2-1-3-8-21)30(32-26)33-27(35)17-19-10-11-20-6-4-5-9-22(20)16-19;29-22-15-16-23-21(18-22)14-17-24-27(23)32-26(20-11-5-2-6-12-20)28(30-24)31-25(33)13-7-10-19-8-3-1-4-9-19;28-21-13-14-22-20(17-21)12-15-23-26(22)31-25(19-9-5-2-6-10-19)27(29-23)30-24(32)16-11-18-7-3-1-4-8-18;27-20-12-13-21-19(16-20)11-14-22-25(21)30-24(18-9-5-2-6-10-18)26(28-22)29-23(31)15-17-7-3-1-4-8-17/h1-11,13-14,16,18H,12,15,17,31H2,(H,32,33,35);1-6,8-9,11-12,15-16,18H,7,10,13-14,17,29H2,(H,30,31,33);1-10,13-14,17H,11-12,15-16,28H2,(H,29,30,32);1-10,12-13,16H,11,14-15,27H2,(H,28,29,31). The van der Waals surface area contributed by atoms with Crippen LogP contribution in [-0.2, 0) is 96.2 Å². The maximum Gasteiger partial charge on any atom is 0.230 e. The monoisotopic (exact) mass is 1720 g/mol. The predicted molar refractivity (Wildman–Crippen MR) is 525 cm³/mol. The molecule has 0 saturated heterocycles. The zero-order valence-corrected chi connectivity index (χ0v) is 72.3. The van der Waals surface area contributed by atoms with Gasteiger partial charge in [0.25, 0.3) is 0 Å². The molecule has 0 unspecified atom stereocenters. The van der Waals surface area contributed by atoms with Gasteiger partial charge in [0, 0.05) is 80.1 Å². The van der Waals surface area contributed by atoms with Crippen molar-refractivity contribution in [2.24, 2.45) is 0 Å². The number of carbonyl (C=O) groups excluding carboxylic acids is 4. The first-order valence-corrected chi connectivity index (χ1v) is 44.3. The molecule has 12 N–H and O–H groups in total. The van der Waals surface area contributed by atoms with Crippen LogP contribution in [0.1, 0.15) is 86.5 Å². The third-order valence-electron chi connectivity index (χ3n) is 23.7. The number of fused-ring (bicyclic) bond motifs is 13. The molecule has 0 fully saturated rings. The fourth-order valence-corrected chi connectivity index (χ4v) is 17.3. The van der Waals surface area contributed by atoms with E-state index in [1.165, 1.54) is 27.8 Å². The van der Waals surface area contributed by atoms with E-state index in [0.717, 1.165) is 204 Å². The Morgan fingerprint density at radius 3 is 0.863 bits per heavy atom. The van der Waals surface area contributed by atoms with Crippen molar-refractivity contribution in [3.63, 3.8) is 0 Å². The SMILES string of the molecule is Nc1ccc2c(c1)CCc1nc(NC(=O)CCCc3ccccc3)c(-c3ccccc3)nc1-2.Nc1ccc2c(c1)CCc1nc(NC(=O)CCc3ccccc3)c(-c3ccccc3)nc1-2.Nc1ccc2c(c1)CCc1nc(NC(=O)Cc3ccc4ccccc4c3)c(-c3ccccc3)nc1-2.Nc1ccc2c(c1)CCc1nc(NC(=O)Cc3ccccc3)c(-c3ccccc3)nc1-2. The zero-order valence-electron chi connectivity index (χ0n) is 72.3. The second kappa shape index (κ2) is 39.6. The number of hydrogen-bond donors (Lipinski definition) is 8. The van der Waals surface area contributed by atoms with Crippen molar-refractivity contribution in [2.45, 2.75) is 96.3 Å². The number of nitrogens with two attached hydrogens (primary N) is 4. The van der Waals surface area contributed by atoms with Crippen LogP contribution in [0, 0.1) is 0 Å². The number of aryl methyl sites for hydroxylation is 10. The highest BCUT2D eigenvalue weighted by molar-refractivity contribution is 5.99. The van der Waals surface area contributed by atoms with Crippen LogP contribution in [0.25, 0.3) is 101 Å². The Morgan fingerprint density at radius 1 is 0.237 bits per heavy atom. The summed E-state index contributed by atoms with van der Waals surface area (Å²) in [6, 6.07) is 107. The molecule has 0 spiro atoms. The maximum absolute atomic E-state index is 13.1. The Balaban J connectivity index is 0.000000117. The van der Waals surface area contributed by atoms with E-state index in [1.807, 2.05) is 291 Å². The van der Waals surface area contributed by atoms with Crippen LogP contribution in [0.15, 0.2) is 328 Å². The number of anilines is 8. The Hall–Kier alpha value is -16.5. The van der Waals surface area contributed by atoms with Gasteiger partial charge in [-0.3, -0.25) is 19.2 Å². The summed E-state index contributed by atoms with van der Waals surface area (Å²) in [7, 11) is 0. The highest BCUT2D eigenvalue weighted by Gasteiger charge is 2.30. The molecule has 0 aliphatic heterocycles. The van der Waals surface area contributed by atoms with Crippen LogP contribution < -0.4 is 44.2 Å². The summed E-state index contributed by atoms with van der Waals surface area (Å²) < 4.78 is 0. The number of amides is 4. The molecule has 4 aromatic heterocycles. The molecule has 131 heavy (non-hydrogen) atoms. The second-order valence-corrected chi connectivity index (χ2v) is 33.0. The van der Waals surface area contributed by atoms with E-state index >= 15 is 0 Å². The zero-order chi connectivity index (χ0) is 89.5. The van der Waals surface area contributed by atoms with Crippen molar-refractivity contribution in [1.29, 1.82) is 0 Å². The summed E-state index contributed by atoms with van der Waals surface area (Å²) in [5.74, 6) is 1.72. The molecule has 4 heterocycles. The minimum atomic E-state index is -0.115. The number of carbonyl (C=O) groups is 4. The number of aromatic nitrogens is 8. The predicted octanol–water partition coefficient (Wildman–Crippen LogP) is 21.0. The number of nitrogens with zero attached hydrogens (tertiary/aromatic N) is 8. The van der Waals surface area contributed by atoms with E-state index in [-0.39, 0.29) is 36.5 Å². The lowest BCUT2D eigenvalue weighted by atomic mass is 9.91. The molecule has 4 aliphatic carbocycles. The molecule has 0 saturated carbocycles. The summed E-state index contributed by atoms with van der Waals surface area (Å²) >= 11 is 0. The molecular formula is C111H96N16O4. The van der Waals surface area contributed by atoms with Gasteiger partial charge in [-0.1, -0.05) is 279 Å². The minimum absolute atomic E-state index is 0.0404. The number of hydrogen-bond acceptors (Lipinski definition) is 16. The summed E-state index contributed by atoms with van der Waals surface area (Å²) in [4.78, 5) is 91.1. The maximum atomic E-state index is 13.1. The number of nitrogen functional groups attached to an aromatic ring is 4. The van der Waals surface area contributed by atoms with E-state index in [2.05, 4.69) is 57.7 Å². The van der Waals surface area contributed by atoms with Gasteiger partial charge in [-0.15, -0.1) is 0 Å². The van der Waals surface area contributed by atoms with E-state index in [0.29, 0.717) is 65.3 Å². The van der Waals surface area contributed by atoms with E-state index in [4.69, 9.17) is 62.8 Å². The highest BCUT2D eigenvalue weighted by atomic mass is 16.2. The van der Waals surface area contributed by atoms with E-state index < -0.39 is 0 Å². The largest absolute Gasteiger partial charge is 0.399 e. The summed E-state index contributed by atoms with van der Waals surface area (Å²) in [5.41, 5.74) is 53.7. The molecule has 0 atom stereocenters. The van der Waals surface area contributed by atoms with Gasteiger partial charge in [-0.2, -0.15) is 0 Å². The quantitative estimate of drug-likeness (QED) is 0.0349. The van der Waals surface area contributed by atoms with Crippen molar-refractivity contribution in [3.8, 4) is 90.1 Å². The third kappa shape index (κ3) is 20.5. The van der Waals surface area contributed by atoms with Gasteiger partial charge >= 0.3 is 0 Å². The number of rotatable bonds is 19. The van der Waals surface area contributed by atoms with Crippen molar-refractivity contribution < 1.29 is 19.2 Å². The molecule has 0 bridgehead atoms. The fraction of sp³-hybridized carbons (Fsp3) is 0.135. The van der Waals surface area contributed by atoms with Crippen LogP contribution in [0.2, 0.25) is 0 Å². The van der Waals surface area contributed by atoms with Crippen LogP contribution in [0.4, 0.5) is 46.0 Å². The second-order valence-electron chi connectivity index (χ2n) is 33.0. The molecule has 17 aromatic rings. The minimum Gasteiger partial charge on any atom is -0.399 e. The molecular weight excluding hydrogens is 1620 g/mol. The first-order valence-electron chi connectivity index (χ1n) is 44.3. The lowest BCUT2D eigenvalue weighted by Gasteiger charge is -2.21. The van der Waals surface area contributed by atoms with Crippen LogP contribution >= 0.6 is 0 Å².